The van der Waals surface area contributed by atoms with E-state index in [0.29, 0.717) is 6.07 Å². The lowest BCUT2D eigenvalue weighted by Gasteiger charge is -2.15. The number of hydrogen-bond donors (Lipinski definition) is 6. The van der Waals surface area contributed by atoms with Crippen molar-refractivity contribution < 1.29 is 96.4 Å². The first-order chi connectivity index (χ1) is 29.0. The van der Waals surface area contributed by atoms with Crippen molar-refractivity contribution in [2.75, 3.05) is 58.4 Å². The Balaban J connectivity index is 1.94. The van der Waals surface area contributed by atoms with Gasteiger partial charge in [0.05, 0.1) is 56.6 Å². The summed E-state index contributed by atoms with van der Waals surface area (Å²) in [5.41, 5.74) is -2.09. The van der Waals surface area contributed by atoms with Crippen LogP contribution in [-0.4, -0.2) is 127 Å². The van der Waals surface area contributed by atoms with Crippen LogP contribution in [0.3, 0.4) is 0 Å². The minimum Gasteiger partial charge on any atom is -0.504 e. The number of fused-ring (bicyclic) bond motifs is 1. The van der Waals surface area contributed by atoms with Crippen LogP contribution < -0.4 is 19.5 Å². The fourth-order valence-electron chi connectivity index (χ4n) is 5.33. The molecule has 0 bridgehead atoms. The molecule has 0 saturated heterocycles. The molecule has 4 aromatic carbocycles. The molecule has 0 heterocycles. The highest BCUT2D eigenvalue weighted by molar-refractivity contribution is 7.92. The van der Waals surface area contributed by atoms with Crippen LogP contribution in [0.4, 0.5) is 28.4 Å². The van der Waals surface area contributed by atoms with E-state index in [2.05, 4.69) is 34.1 Å². The number of aromatic hydroxyl groups is 1. The number of ether oxygens (including phenoxy) is 3. The van der Waals surface area contributed by atoms with Crippen molar-refractivity contribution in [3.05, 3.63) is 42.5 Å². The van der Waals surface area contributed by atoms with Crippen LogP contribution in [0.5, 0.6) is 23.0 Å². The van der Waals surface area contributed by atoms with Gasteiger partial charge in [0.1, 0.15) is 48.9 Å². The van der Waals surface area contributed by atoms with Crippen LogP contribution in [0.15, 0.2) is 82.5 Å². The normalized spacial score (nSPS) is 13.2. The summed E-state index contributed by atoms with van der Waals surface area (Å²) in [7, 11) is -25.3. The third-order valence-corrected chi connectivity index (χ3v) is 14.1. The minimum absolute atomic E-state index is 0.0390. The predicted molar refractivity (Wildman–Crippen MR) is 215 cm³/mol. The molecular formula is C30H33N5O22S6. The third-order valence-electron chi connectivity index (χ3n) is 8.09. The summed E-state index contributed by atoms with van der Waals surface area (Å²) in [6, 6.07) is 6.36. The van der Waals surface area contributed by atoms with Gasteiger partial charge in [-0.05, 0) is 30.3 Å². The number of nitrogens with one attached hydrogen (secondary N) is 1. The first-order valence-corrected chi connectivity index (χ1v) is 25.4. The van der Waals surface area contributed by atoms with Gasteiger partial charge in [0.15, 0.2) is 31.2 Å². The molecule has 0 amide bonds. The summed E-state index contributed by atoms with van der Waals surface area (Å²) in [5.74, 6) is -4.62. The van der Waals surface area contributed by atoms with Crippen molar-refractivity contribution in [2.24, 2.45) is 20.5 Å². The molecule has 0 aliphatic carbocycles. The zero-order valence-corrected chi connectivity index (χ0v) is 37.2. The Bertz CT molecular complexity index is 3210. The first-order valence-electron chi connectivity index (χ1n) is 16.4. The molecule has 346 valence electrons. The summed E-state index contributed by atoms with van der Waals surface area (Å²) in [4.78, 5) is -4.05. The number of azo groups is 2. The topological polar surface area (TPSA) is 414 Å². The number of sulfone groups is 2. The number of anilines is 1. The molecule has 4 rings (SSSR count). The van der Waals surface area contributed by atoms with Gasteiger partial charge in [0, 0.05) is 30.0 Å². The molecule has 0 radical (unpaired) electrons. The third kappa shape index (κ3) is 12.3. The molecule has 0 fully saturated rings. The van der Waals surface area contributed by atoms with Crippen LogP contribution in [0, 0.1) is 0 Å². The van der Waals surface area contributed by atoms with Crippen LogP contribution in [0.2, 0.25) is 0 Å². The quantitative estimate of drug-likeness (QED) is 0.0547. The molecule has 0 saturated carbocycles. The second-order valence-electron chi connectivity index (χ2n) is 12.0. The Morgan fingerprint density at radius 2 is 1.10 bits per heavy atom. The average molecular weight is 1010 g/mol. The minimum atomic E-state index is -5.44. The van der Waals surface area contributed by atoms with E-state index >= 15 is 0 Å². The largest absolute Gasteiger partial charge is 0.504 e. The molecule has 0 aliphatic rings. The van der Waals surface area contributed by atoms with Gasteiger partial charge in [-0.15, -0.1) is 20.5 Å². The fourth-order valence-corrected chi connectivity index (χ4v) is 9.86. The van der Waals surface area contributed by atoms with E-state index in [1.807, 2.05) is 0 Å². The number of hydrogen-bond acceptors (Lipinski definition) is 23. The van der Waals surface area contributed by atoms with E-state index < -0.39 is 128 Å². The predicted octanol–water partition coefficient (Wildman–Crippen LogP) is 3.12. The SMILES string of the molecule is CNc1ccc2c(OC)c(N=Nc3cc(S(=O)(=O)CCOS(=O)(=O)O)cc(S(=O)(=O)O)c3O)c(S(=O)(=O)O)cc2c1N=Nc1cc(OC)c(S(=O)(=O)CCOS(=O)(=O)O)cc1OC. The summed E-state index contributed by atoms with van der Waals surface area (Å²) in [6.07, 6.45) is 0. The molecule has 0 spiro atoms. The van der Waals surface area contributed by atoms with Gasteiger partial charge in [-0.25, -0.2) is 25.2 Å². The second kappa shape index (κ2) is 18.9. The number of methoxy groups -OCH3 is 3. The van der Waals surface area contributed by atoms with Crippen LogP contribution >= 0.6 is 0 Å². The lowest BCUT2D eigenvalue weighted by atomic mass is 10.0. The molecule has 6 N–H and O–H groups in total. The maximum atomic E-state index is 13.1. The molecule has 27 nitrogen and oxygen atoms in total. The smallest absolute Gasteiger partial charge is 0.397 e. The Hall–Kier alpha value is -5.20. The van der Waals surface area contributed by atoms with Gasteiger partial charge >= 0.3 is 20.8 Å². The molecule has 63 heavy (non-hydrogen) atoms. The van der Waals surface area contributed by atoms with Crippen LogP contribution in [0.25, 0.3) is 10.8 Å². The fraction of sp³-hybridized carbons (Fsp3) is 0.267. The summed E-state index contributed by atoms with van der Waals surface area (Å²) in [6.45, 7) is -2.14. The summed E-state index contributed by atoms with van der Waals surface area (Å²) < 4.78 is 207. The number of benzene rings is 4. The van der Waals surface area contributed by atoms with Gasteiger partial charge in [0.2, 0.25) is 0 Å². The molecule has 0 aliphatic heterocycles. The Labute approximate surface area is 358 Å². The number of phenolic OH excluding ortho intramolecular Hbond substituents is 1. The Morgan fingerprint density at radius 3 is 1.60 bits per heavy atom. The number of nitrogens with zero attached hydrogens (tertiary/aromatic N) is 4. The standard InChI is InChI=1S/C30H33N5O22S6/c1-31-19-6-5-17-18(27(19)34-32-20-14-23(54-3)24(15-22(20)53-2)59(39,40)10-8-57-63(50,51)52)13-25(60(41,42)43)28(30(17)55-4)35-33-21-11-16(12-26(29(21)36)61(44,45)46)58(37,38)9-7-56-62(47,48)49/h5-6,11-15,31,36H,7-10H2,1-4H3,(H,41,42,43)(H,44,45,46)(H,47,48,49)(H,50,51,52). The van der Waals surface area contributed by atoms with Gasteiger partial charge in [-0.3, -0.25) is 18.2 Å². The van der Waals surface area contributed by atoms with Crippen molar-refractivity contribution in [1.82, 2.24) is 0 Å². The maximum Gasteiger partial charge on any atom is 0.397 e. The highest BCUT2D eigenvalue weighted by Crippen LogP contribution is 2.48. The van der Waals surface area contributed by atoms with Gasteiger partial charge in [-0.1, -0.05) is 0 Å². The highest BCUT2D eigenvalue weighted by atomic mass is 32.3. The van der Waals surface area contributed by atoms with Gasteiger partial charge < -0.3 is 24.6 Å². The van der Waals surface area contributed by atoms with Crippen molar-refractivity contribution in [2.45, 2.75) is 19.6 Å². The molecule has 0 unspecified atom stereocenters. The second-order valence-corrected chi connectivity index (χ2v) is 21.2. The molecule has 33 heteroatoms. The molecule has 0 atom stereocenters. The number of rotatable bonds is 20. The van der Waals surface area contributed by atoms with Crippen molar-refractivity contribution in [3.8, 4) is 23.0 Å². The molecule has 0 aromatic heterocycles. The van der Waals surface area contributed by atoms with E-state index in [0.717, 1.165) is 39.5 Å². The van der Waals surface area contributed by atoms with E-state index in [1.54, 1.807) is 0 Å². The zero-order chi connectivity index (χ0) is 47.5. The average Bonchev–Trinajstić information content (AvgIpc) is 3.16. The van der Waals surface area contributed by atoms with Gasteiger partial charge in [0.25, 0.3) is 20.2 Å². The number of phenols is 1. The van der Waals surface area contributed by atoms with E-state index in [4.69, 9.17) is 23.3 Å². The van der Waals surface area contributed by atoms with Gasteiger partial charge in [-0.2, -0.15) is 33.7 Å². The van der Waals surface area contributed by atoms with Crippen LogP contribution in [0.1, 0.15) is 0 Å². The van der Waals surface area contributed by atoms with E-state index in [1.165, 1.54) is 19.2 Å². The van der Waals surface area contributed by atoms with Crippen molar-refractivity contribution >= 4 is 99.9 Å². The summed E-state index contributed by atoms with van der Waals surface area (Å²) in [5, 5.41) is 29.0. The van der Waals surface area contributed by atoms with E-state index in [-0.39, 0.29) is 45.4 Å². The van der Waals surface area contributed by atoms with Crippen LogP contribution in [-0.2, 0) is 69.1 Å². The Kier molecular flexibility index (Phi) is 15.1. The highest BCUT2D eigenvalue weighted by Gasteiger charge is 2.29. The molecule has 4 aromatic rings. The lowest BCUT2D eigenvalue weighted by molar-refractivity contribution is 0.282. The monoisotopic (exact) mass is 1010 g/mol. The lowest BCUT2D eigenvalue weighted by Crippen LogP contribution is -2.16. The Morgan fingerprint density at radius 1 is 0.556 bits per heavy atom. The molecular weight excluding hydrogens is 975 g/mol. The zero-order valence-electron chi connectivity index (χ0n) is 32.3. The van der Waals surface area contributed by atoms with E-state index in [9.17, 15) is 64.7 Å². The first kappa shape index (κ1) is 50.4. The maximum absolute atomic E-state index is 13.1. The van der Waals surface area contributed by atoms with Crippen molar-refractivity contribution in [3.63, 3.8) is 0 Å². The summed E-state index contributed by atoms with van der Waals surface area (Å²) >= 11 is 0. The van der Waals surface area contributed by atoms with Crippen molar-refractivity contribution in [1.29, 1.82) is 0 Å².